The Morgan fingerprint density at radius 3 is 1.73 bits per heavy atom. The molecule has 6 nitrogen and oxygen atoms in total. The lowest BCUT2D eigenvalue weighted by atomic mass is 10.2. The van der Waals surface area contributed by atoms with Crippen molar-refractivity contribution in [1.82, 2.24) is 0 Å². The maximum absolute atomic E-state index is 12.4. The van der Waals surface area contributed by atoms with E-state index in [0.717, 1.165) is 6.42 Å². The number of hydrogen-bond donors (Lipinski definition) is 0. The summed E-state index contributed by atoms with van der Waals surface area (Å²) < 4.78 is 15.2. The molecule has 0 aliphatic rings. The smallest absolute Gasteiger partial charge is 0.352 e. The standard InChI is InChI=1S/C20H20O6/c1-2-3-14-24-18(21)17(19(22)25-15-10-6-4-7-11-15)20(23)26-16-12-8-5-9-13-16/h4-13,21H,2-3,14H2,1H3/p-1. The second-order valence-electron chi connectivity index (χ2n) is 5.27. The SMILES string of the molecule is CCCCOC([O-])=C(C(=O)Oc1ccccc1)C(=O)Oc1ccccc1. The van der Waals surface area contributed by atoms with Crippen molar-refractivity contribution < 1.29 is 28.9 Å². The average molecular weight is 355 g/mol. The van der Waals surface area contributed by atoms with Gasteiger partial charge in [-0.1, -0.05) is 49.7 Å². The summed E-state index contributed by atoms with van der Waals surface area (Å²) in [7, 11) is 0. The second kappa shape index (κ2) is 9.88. The zero-order valence-electron chi connectivity index (χ0n) is 14.3. The summed E-state index contributed by atoms with van der Waals surface area (Å²) in [5.74, 6) is -2.93. The van der Waals surface area contributed by atoms with Crippen LogP contribution < -0.4 is 14.6 Å². The zero-order chi connectivity index (χ0) is 18.8. The Bertz CT molecular complexity index is 697. The minimum Gasteiger partial charge on any atom is -0.612 e. The highest BCUT2D eigenvalue weighted by Gasteiger charge is 2.25. The van der Waals surface area contributed by atoms with Gasteiger partial charge in [0, 0.05) is 0 Å². The molecule has 6 heteroatoms. The van der Waals surface area contributed by atoms with Crippen molar-refractivity contribution in [3.63, 3.8) is 0 Å². The fourth-order valence-electron chi connectivity index (χ4n) is 1.92. The summed E-state index contributed by atoms with van der Waals surface area (Å²) >= 11 is 0. The van der Waals surface area contributed by atoms with E-state index >= 15 is 0 Å². The fraction of sp³-hybridized carbons (Fsp3) is 0.200. The lowest BCUT2D eigenvalue weighted by Gasteiger charge is -2.18. The third-order valence-corrected chi connectivity index (χ3v) is 3.25. The van der Waals surface area contributed by atoms with Gasteiger partial charge in [0.05, 0.1) is 5.95 Å². The fourth-order valence-corrected chi connectivity index (χ4v) is 1.92. The van der Waals surface area contributed by atoms with Crippen LogP contribution in [0.5, 0.6) is 11.5 Å². The average Bonchev–Trinajstić information content (AvgIpc) is 2.63. The summed E-state index contributed by atoms with van der Waals surface area (Å²) in [6.07, 6.45) is 1.41. The molecule has 2 aromatic rings. The van der Waals surface area contributed by atoms with E-state index in [1.54, 1.807) is 36.4 Å². The minimum atomic E-state index is -1.13. The highest BCUT2D eigenvalue weighted by Crippen LogP contribution is 2.16. The number of hydrogen-bond acceptors (Lipinski definition) is 6. The molecule has 0 aromatic heterocycles. The molecule has 0 aliphatic carbocycles. The number of benzene rings is 2. The maximum Gasteiger partial charge on any atom is 0.352 e. The van der Waals surface area contributed by atoms with Crippen LogP contribution in [-0.2, 0) is 14.3 Å². The van der Waals surface area contributed by atoms with Gasteiger partial charge in [0.25, 0.3) is 0 Å². The van der Waals surface area contributed by atoms with Crippen LogP contribution in [0.25, 0.3) is 0 Å². The van der Waals surface area contributed by atoms with Crippen molar-refractivity contribution in [3.8, 4) is 11.5 Å². The minimum absolute atomic E-state index is 0.0933. The molecule has 0 unspecified atom stereocenters. The lowest BCUT2D eigenvalue weighted by Crippen LogP contribution is -2.28. The third-order valence-electron chi connectivity index (χ3n) is 3.25. The van der Waals surface area contributed by atoms with Crippen LogP contribution in [0.2, 0.25) is 0 Å². The summed E-state index contributed by atoms with van der Waals surface area (Å²) in [4.78, 5) is 24.7. The summed E-state index contributed by atoms with van der Waals surface area (Å²) in [6.45, 7) is 2.02. The molecule has 0 N–H and O–H groups in total. The number of unbranched alkanes of at least 4 members (excludes halogenated alkanes) is 1. The van der Waals surface area contributed by atoms with Crippen LogP contribution in [0.15, 0.2) is 72.2 Å². The Morgan fingerprint density at radius 2 is 1.31 bits per heavy atom. The number of ether oxygens (including phenoxy) is 3. The van der Waals surface area contributed by atoms with Gasteiger partial charge >= 0.3 is 11.9 Å². The normalized spacial score (nSPS) is 9.88. The van der Waals surface area contributed by atoms with Crippen molar-refractivity contribution in [2.75, 3.05) is 6.61 Å². The molecule has 0 fully saturated rings. The molecule has 2 aromatic carbocycles. The van der Waals surface area contributed by atoms with Crippen LogP contribution in [0, 0.1) is 0 Å². The van der Waals surface area contributed by atoms with Gasteiger partial charge in [-0.25, -0.2) is 9.59 Å². The molecule has 0 atom stereocenters. The van der Waals surface area contributed by atoms with E-state index in [4.69, 9.17) is 14.2 Å². The van der Waals surface area contributed by atoms with Gasteiger partial charge in [-0.05, 0) is 37.3 Å². The van der Waals surface area contributed by atoms with E-state index in [9.17, 15) is 14.7 Å². The molecule has 136 valence electrons. The van der Waals surface area contributed by atoms with Crippen molar-refractivity contribution in [2.24, 2.45) is 0 Å². The molecule has 0 heterocycles. The van der Waals surface area contributed by atoms with E-state index in [2.05, 4.69) is 0 Å². The Balaban J connectivity index is 2.21. The number of carbonyl (C=O) groups is 2. The summed E-state index contributed by atoms with van der Waals surface area (Å²) in [5.41, 5.74) is -0.811. The van der Waals surface area contributed by atoms with Crippen molar-refractivity contribution in [3.05, 3.63) is 72.2 Å². The first-order chi connectivity index (χ1) is 12.6. The largest absolute Gasteiger partial charge is 0.612 e. The number of para-hydroxylation sites is 2. The summed E-state index contributed by atoms with van der Waals surface area (Å²) in [6, 6.07) is 16.2. The number of carbonyl (C=O) groups excluding carboxylic acids is 2. The Labute approximate surface area is 151 Å². The van der Waals surface area contributed by atoms with Crippen LogP contribution >= 0.6 is 0 Å². The quantitative estimate of drug-likeness (QED) is 0.138. The molecule has 0 radical (unpaired) electrons. The summed E-state index contributed by atoms with van der Waals surface area (Å²) in [5, 5.41) is 12.2. The van der Waals surface area contributed by atoms with E-state index in [0.29, 0.717) is 6.42 Å². The van der Waals surface area contributed by atoms with Crippen LogP contribution in [0.3, 0.4) is 0 Å². The Kier molecular flexibility index (Phi) is 7.24. The predicted molar refractivity (Wildman–Crippen MR) is 92.0 cm³/mol. The molecule has 0 aliphatic heterocycles. The van der Waals surface area contributed by atoms with E-state index in [-0.39, 0.29) is 18.1 Å². The second-order valence-corrected chi connectivity index (χ2v) is 5.27. The molecule has 0 bridgehead atoms. The van der Waals surface area contributed by atoms with Crippen LogP contribution in [-0.4, -0.2) is 18.5 Å². The molecule has 0 saturated carbocycles. The number of esters is 2. The first-order valence-corrected chi connectivity index (χ1v) is 8.20. The first-order valence-electron chi connectivity index (χ1n) is 8.20. The first kappa shape index (κ1) is 19.1. The van der Waals surface area contributed by atoms with E-state index in [1.807, 2.05) is 6.92 Å². The molecule has 0 amide bonds. The van der Waals surface area contributed by atoms with Crippen LogP contribution in [0.1, 0.15) is 19.8 Å². The number of rotatable bonds is 8. The van der Waals surface area contributed by atoms with E-state index in [1.165, 1.54) is 24.3 Å². The van der Waals surface area contributed by atoms with E-state index < -0.39 is 23.5 Å². The Morgan fingerprint density at radius 1 is 0.846 bits per heavy atom. The van der Waals surface area contributed by atoms with Crippen molar-refractivity contribution >= 4 is 11.9 Å². The van der Waals surface area contributed by atoms with Crippen molar-refractivity contribution in [1.29, 1.82) is 0 Å². The molecule has 0 spiro atoms. The molecular formula is C20H19O6-. The van der Waals surface area contributed by atoms with Gasteiger partial charge in [0.15, 0.2) is 5.57 Å². The highest BCUT2D eigenvalue weighted by atomic mass is 16.6. The Hall–Kier alpha value is -3.28. The molecule has 2 rings (SSSR count). The third kappa shape index (κ3) is 5.66. The van der Waals surface area contributed by atoms with Gasteiger partial charge in [-0.3, -0.25) is 0 Å². The van der Waals surface area contributed by atoms with Crippen LogP contribution in [0.4, 0.5) is 0 Å². The van der Waals surface area contributed by atoms with Crippen molar-refractivity contribution in [2.45, 2.75) is 19.8 Å². The lowest BCUT2D eigenvalue weighted by molar-refractivity contribution is -0.358. The highest BCUT2D eigenvalue weighted by molar-refractivity contribution is 6.15. The van der Waals surface area contributed by atoms with Gasteiger partial charge in [0.1, 0.15) is 11.5 Å². The molecule has 26 heavy (non-hydrogen) atoms. The molecular weight excluding hydrogens is 336 g/mol. The predicted octanol–water partition coefficient (Wildman–Crippen LogP) is 2.59. The van der Waals surface area contributed by atoms with Gasteiger partial charge in [0.2, 0.25) is 0 Å². The monoisotopic (exact) mass is 355 g/mol. The topological polar surface area (TPSA) is 84.9 Å². The van der Waals surface area contributed by atoms with Gasteiger partial charge in [-0.2, -0.15) is 0 Å². The van der Waals surface area contributed by atoms with Gasteiger partial charge < -0.3 is 19.3 Å². The maximum atomic E-state index is 12.4. The zero-order valence-corrected chi connectivity index (χ0v) is 14.3. The molecule has 0 saturated heterocycles. The van der Waals surface area contributed by atoms with Gasteiger partial charge in [-0.15, -0.1) is 0 Å².